The molecule has 2 amide bonds. The quantitative estimate of drug-likeness (QED) is 0.135. The molecule has 0 heterocycles. The number of rotatable bonds is 10. The molecule has 8 rings (SSSR count). The molecule has 8 aromatic carbocycles. The number of carbonyl (C=O) groups excluding carboxylic acids is 1. The SMILES string of the molecule is COc1cc(C[P+](c2ccccc2)(c2ccccc2)c2ccc3ccccc3c2-c2c(NC(=O)Nc3cc(C(C)(C)C)cc(C(C)(C)C)c3)ccc3ccccc23)cc(OC)c1. The van der Waals surface area contributed by atoms with Gasteiger partial charge in [-0.2, -0.15) is 0 Å². The first-order valence-corrected chi connectivity index (χ1v) is 23.3. The number of anilines is 2. The minimum Gasteiger partial charge on any atom is -0.497 e. The van der Waals surface area contributed by atoms with Gasteiger partial charge in [-0.05, 0) is 110 Å². The summed E-state index contributed by atoms with van der Waals surface area (Å²) < 4.78 is 11.7. The van der Waals surface area contributed by atoms with Gasteiger partial charge in [0.1, 0.15) is 34.7 Å². The van der Waals surface area contributed by atoms with Crippen molar-refractivity contribution in [2.24, 2.45) is 0 Å². The van der Waals surface area contributed by atoms with Crippen LogP contribution in [0.15, 0.2) is 170 Å². The standard InChI is InChI=1S/C56H55N2O3P/c1-55(2,3)41-33-42(56(4,5)6)35-43(34-41)57-54(59)58-50-29-27-39-19-15-17-25-48(39)52(50)53-49-26-18-16-20-40(49)28-30-51(53)62(46-21-11-9-12-22-46,47-23-13-10-14-24-47)37-38-31-44(60-7)36-45(32-38)61-8/h9-36H,37H2,1-8H3,(H-,57,58,59)/p+1. The molecule has 0 saturated carbocycles. The van der Waals surface area contributed by atoms with E-state index in [0.29, 0.717) is 6.16 Å². The molecule has 0 radical (unpaired) electrons. The van der Waals surface area contributed by atoms with Crippen LogP contribution in [0.25, 0.3) is 32.7 Å². The zero-order valence-electron chi connectivity index (χ0n) is 37.0. The first-order chi connectivity index (χ1) is 29.8. The Bertz CT molecular complexity index is 2800. The number of fused-ring (bicyclic) bond motifs is 2. The highest BCUT2D eigenvalue weighted by molar-refractivity contribution is 7.95. The van der Waals surface area contributed by atoms with Crippen LogP contribution in [-0.2, 0) is 17.0 Å². The van der Waals surface area contributed by atoms with E-state index in [1.54, 1.807) is 14.2 Å². The molecule has 312 valence electrons. The van der Waals surface area contributed by atoms with Gasteiger partial charge < -0.3 is 20.1 Å². The summed E-state index contributed by atoms with van der Waals surface area (Å²) in [6, 6.07) is 60.2. The molecule has 0 bridgehead atoms. The molecule has 0 aliphatic rings. The number of carbonyl (C=O) groups is 1. The maximum Gasteiger partial charge on any atom is 0.323 e. The maximum atomic E-state index is 14.5. The van der Waals surface area contributed by atoms with E-state index >= 15 is 0 Å². The lowest BCUT2D eigenvalue weighted by Gasteiger charge is -2.31. The van der Waals surface area contributed by atoms with Crippen LogP contribution in [0.3, 0.4) is 0 Å². The average Bonchev–Trinajstić information content (AvgIpc) is 3.27. The van der Waals surface area contributed by atoms with Gasteiger partial charge in [0.25, 0.3) is 0 Å². The number of hydrogen-bond donors (Lipinski definition) is 2. The Hall–Kier alpha value is -6.42. The minimum atomic E-state index is -2.61. The van der Waals surface area contributed by atoms with Crippen LogP contribution >= 0.6 is 7.26 Å². The number of hydrogen-bond acceptors (Lipinski definition) is 3. The van der Waals surface area contributed by atoms with Gasteiger partial charge in [0.05, 0.1) is 26.1 Å². The molecule has 8 aromatic rings. The van der Waals surface area contributed by atoms with Gasteiger partial charge in [-0.3, -0.25) is 0 Å². The van der Waals surface area contributed by atoms with Crippen molar-refractivity contribution in [3.8, 4) is 22.6 Å². The van der Waals surface area contributed by atoms with E-state index < -0.39 is 7.26 Å². The van der Waals surface area contributed by atoms with Crippen LogP contribution < -0.4 is 36.0 Å². The van der Waals surface area contributed by atoms with E-state index in [9.17, 15) is 4.79 Å². The van der Waals surface area contributed by atoms with E-state index in [4.69, 9.17) is 9.47 Å². The van der Waals surface area contributed by atoms with Gasteiger partial charge in [0, 0.05) is 22.9 Å². The highest BCUT2D eigenvalue weighted by Crippen LogP contribution is 2.61. The van der Waals surface area contributed by atoms with Crippen LogP contribution in [0.5, 0.6) is 11.5 Å². The molecule has 0 saturated heterocycles. The van der Waals surface area contributed by atoms with E-state index in [2.05, 4.69) is 216 Å². The second kappa shape index (κ2) is 17.2. The molecule has 0 aliphatic heterocycles. The topological polar surface area (TPSA) is 59.6 Å². The summed E-state index contributed by atoms with van der Waals surface area (Å²) >= 11 is 0. The van der Waals surface area contributed by atoms with Gasteiger partial charge in [-0.25, -0.2) is 4.79 Å². The molecular weight excluding hydrogens is 780 g/mol. The fourth-order valence-electron chi connectivity index (χ4n) is 8.63. The van der Waals surface area contributed by atoms with Crippen molar-refractivity contribution < 1.29 is 14.3 Å². The molecule has 62 heavy (non-hydrogen) atoms. The van der Waals surface area contributed by atoms with Crippen molar-refractivity contribution >= 4 is 62.1 Å². The van der Waals surface area contributed by atoms with Crippen LogP contribution in [0, 0.1) is 0 Å². The summed E-state index contributed by atoms with van der Waals surface area (Å²) in [5.41, 5.74) is 6.79. The second-order valence-electron chi connectivity index (χ2n) is 18.1. The molecule has 0 unspecified atom stereocenters. The fraction of sp³-hybridized carbons (Fsp3) is 0.196. The number of urea groups is 1. The van der Waals surface area contributed by atoms with Gasteiger partial charge in [0.2, 0.25) is 0 Å². The molecule has 5 nitrogen and oxygen atoms in total. The van der Waals surface area contributed by atoms with Gasteiger partial charge in [-0.15, -0.1) is 0 Å². The number of ether oxygens (including phenoxy) is 2. The first kappa shape index (κ1) is 42.3. The number of nitrogens with one attached hydrogen (secondary N) is 2. The monoisotopic (exact) mass is 835 g/mol. The van der Waals surface area contributed by atoms with Crippen LogP contribution in [0.1, 0.15) is 58.2 Å². The third kappa shape index (κ3) is 8.43. The van der Waals surface area contributed by atoms with Crippen molar-refractivity contribution in [3.05, 3.63) is 187 Å². The number of methoxy groups -OCH3 is 2. The van der Waals surface area contributed by atoms with Crippen molar-refractivity contribution in [1.82, 2.24) is 0 Å². The summed E-state index contributed by atoms with van der Waals surface area (Å²) in [6.07, 6.45) is 0.689. The van der Waals surface area contributed by atoms with Gasteiger partial charge >= 0.3 is 6.03 Å². The fourth-order valence-corrected chi connectivity index (χ4v) is 13.1. The van der Waals surface area contributed by atoms with E-state index in [0.717, 1.165) is 61.1 Å². The first-order valence-electron chi connectivity index (χ1n) is 21.3. The van der Waals surface area contributed by atoms with Crippen LogP contribution in [-0.4, -0.2) is 20.3 Å². The Balaban J connectivity index is 1.41. The van der Waals surface area contributed by atoms with E-state index in [1.807, 2.05) is 6.07 Å². The molecule has 6 heteroatoms. The highest BCUT2D eigenvalue weighted by atomic mass is 31.2. The molecule has 0 spiro atoms. The Labute approximate surface area is 367 Å². The maximum absolute atomic E-state index is 14.5. The molecular formula is C56H56N2O3P+. The average molecular weight is 836 g/mol. The molecule has 0 aromatic heterocycles. The zero-order chi connectivity index (χ0) is 43.6. The van der Waals surface area contributed by atoms with E-state index in [-0.39, 0.29) is 16.9 Å². The molecule has 0 aliphatic carbocycles. The van der Waals surface area contributed by atoms with Crippen molar-refractivity contribution in [3.63, 3.8) is 0 Å². The largest absolute Gasteiger partial charge is 0.497 e. The van der Waals surface area contributed by atoms with Crippen molar-refractivity contribution in [2.75, 3.05) is 24.9 Å². The predicted octanol–water partition coefficient (Wildman–Crippen LogP) is 13.4. The molecule has 2 N–H and O–H groups in total. The van der Waals surface area contributed by atoms with Crippen molar-refractivity contribution in [2.45, 2.75) is 58.5 Å². The second-order valence-corrected chi connectivity index (χ2v) is 21.6. The highest BCUT2D eigenvalue weighted by Gasteiger charge is 2.48. The Kier molecular flexibility index (Phi) is 11.7. The summed E-state index contributed by atoms with van der Waals surface area (Å²) in [4.78, 5) is 14.5. The van der Waals surface area contributed by atoms with E-state index in [1.165, 1.54) is 27.0 Å². The van der Waals surface area contributed by atoms with Crippen molar-refractivity contribution in [1.29, 1.82) is 0 Å². The third-order valence-corrected chi connectivity index (χ3v) is 16.3. The lowest BCUT2D eigenvalue weighted by molar-refractivity contribution is 0.262. The molecule has 0 fully saturated rings. The van der Waals surface area contributed by atoms with Crippen LogP contribution in [0.2, 0.25) is 0 Å². The zero-order valence-corrected chi connectivity index (χ0v) is 37.9. The predicted molar refractivity (Wildman–Crippen MR) is 265 cm³/mol. The normalized spacial score (nSPS) is 12.0. The lowest BCUT2D eigenvalue weighted by atomic mass is 9.80. The molecule has 0 atom stereocenters. The van der Waals surface area contributed by atoms with Gasteiger partial charge in [-0.1, -0.05) is 145 Å². The smallest absolute Gasteiger partial charge is 0.323 e. The lowest BCUT2D eigenvalue weighted by Crippen LogP contribution is -2.34. The Morgan fingerprint density at radius 1 is 0.516 bits per heavy atom. The summed E-state index contributed by atoms with van der Waals surface area (Å²) in [5, 5.41) is 14.7. The summed E-state index contributed by atoms with van der Waals surface area (Å²) in [6.45, 7) is 13.3. The minimum absolute atomic E-state index is 0.104. The Morgan fingerprint density at radius 3 is 1.52 bits per heavy atom. The number of amides is 2. The van der Waals surface area contributed by atoms with Gasteiger partial charge in [0.15, 0.2) is 0 Å². The van der Waals surface area contributed by atoms with Crippen LogP contribution in [0.4, 0.5) is 16.2 Å². The summed E-state index contributed by atoms with van der Waals surface area (Å²) in [7, 11) is 0.790. The Morgan fingerprint density at radius 2 is 1.00 bits per heavy atom. The third-order valence-electron chi connectivity index (χ3n) is 11.9. The summed E-state index contributed by atoms with van der Waals surface area (Å²) in [5.74, 6) is 1.48. The number of benzene rings is 8.